The van der Waals surface area contributed by atoms with E-state index in [2.05, 4.69) is 4.98 Å². The average Bonchev–Trinajstić information content (AvgIpc) is 2.34. The van der Waals surface area contributed by atoms with Crippen molar-refractivity contribution >= 4 is 6.09 Å². The molecular weight excluding hydrogens is 260 g/mol. The zero-order chi connectivity index (χ0) is 15.3. The molecule has 2 N–H and O–H groups in total. The molecule has 1 rings (SSSR count). The number of hydrogen-bond acceptors (Lipinski definition) is 5. The Balaban J connectivity index is 2.90. The van der Waals surface area contributed by atoms with Crippen molar-refractivity contribution in [3.63, 3.8) is 0 Å². The minimum atomic E-state index is -0.850. The lowest BCUT2D eigenvalue weighted by atomic mass is 10.1. The van der Waals surface area contributed by atoms with E-state index >= 15 is 0 Å². The number of nitrogens with zero attached hydrogens (tertiary/aromatic N) is 2. The van der Waals surface area contributed by atoms with E-state index in [9.17, 15) is 10.0 Å². The first-order valence-electron chi connectivity index (χ1n) is 6.49. The van der Waals surface area contributed by atoms with Gasteiger partial charge in [-0.25, -0.2) is 4.79 Å². The van der Waals surface area contributed by atoms with Crippen LogP contribution in [0.3, 0.4) is 0 Å². The van der Waals surface area contributed by atoms with Gasteiger partial charge in [0.05, 0.1) is 6.04 Å². The van der Waals surface area contributed by atoms with Crippen LogP contribution >= 0.6 is 0 Å². The highest BCUT2D eigenvalue weighted by molar-refractivity contribution is 5.67. The van der Waals surface area contributed by atoms with Crippen molar-refractivity contribution in [3.05, 3.63) is 29.6 Å². The van der Waals surface area contributed by atoms with E-state index in [1.807, 2.05) is 6.92 Å². The summed E-state index contributed by atoms with van der Waals surface area (Å²) in [7, 11) is 0. The van der Waals surface area contributed by atoms with Gasteiger partial charge in [-0.05, 0) is 45.7 Å². The molecule has 0 aliphatic rings. The summed E-state index contributed by atoms with van der Waals surface area (Å²) in [4.78, 5) is 16.0. The minimum Gasteiger partial charge on any atom is -0.442 e. The third-order valence-electron chi connectivity index (χ3n) is 2.60. The van der Waals surface area contributed by atoms with Gasteiger partial charge in [-0.15, -0.1) is 0 Å². The molecule has 0 fully saturated rings. The van der Waals surface area contributed by atoms with Crippen molar-refractivity contribution in [3.8, 4) is 0 Å². The Morgan fingerprint density at radius 2 is 2.10 bits per heavy atom. The molecule has 1 unspecified atom stereocenters. The fourth-order valence-corrected chi connectivity index (χ4v) is 1.66. The number of carbonyl (C=O) groups is 1. The first-order valence-corrected chi connectivity index (χ1v) is 6.49. The van der Waals surface area contributed by atoms with Gasteiger partial charge >= 0.3 is 6.09 Å². The number of pyridine rings is 1. The molecule has 6 nitrogen and oxygen atoms in total. The molecule has 1 heterocycles. The summed E-state index contributed by atoms with van der Waals surface area (Å²) in [5.74, 6) is 0. The third-order valence-corrected chi connectivity index (χ3v) is 2.60. The van der Waals surface area contributed by atoms with Crippen molar-refractivity contribution in [2.75, 3.05) is 6.61 Å². The topological polar surface area (TPSA) is 82.9 Å². The van der Waals surface area contributed by atoms with Crippen LogP contribution < -0.4 is 0 Å². The molecule has 0 bridgehead atoms. The molecule has 0 aromatic carbocycles. The predicted molar refractivity (Wildman–Crippen MR) is 73.3 cm³/mol. The van der Waals surface area contributed by atoms with E-state index in [4.69, 9.17) is 9.84 Å². The summed E-state index contributed by atoms with van der Waals surface area (Å²) in [6, 6.07) is 2.85. The Morgan fingerprint density at radius 1 is 1.45 bits per heavy atom. The van der Waals surface area contributed by atoms with Crippen LogP contribution in [0.1, 0.15) is 44.5 Å². The van der Waals surface area contributed by atoms with E-state index < -0.39 is 17.7 Å². The highest BCUT2D eigenvalue weighted by Gasteiger charge is 2.28. The first kappa shape index (κ1) is 16.4. The largest absolute Gasteiger partial charge is 0.442 e. The maximum atomic E-state index is 11.9. The van der Waals surface area contributed by atoms with E-state index in [0.717, 1.165) is 5.69 Å². The van der Waals surface area contributed by atoms with Crippen LogP contribution in [0, 0.1) is 6.92 Å². The van der Waals surface area contributed by atoms with Gasteiger partial charge in [0, 0.05) is 18.5 Å². The fourth-order valence-electron chi connectivity index (χ4n) is 1.66. The molecule has 112 valence electrons. The monoisotopic (exact) mass is 282 g/mol. The molecule has 0 aliphatic heterocycles. The lowest BCUT2D eigenvalue weighted by molar-refractivity contribution is -0.125. The van der Waals surface area contributed by atoms with Crippen LogP contribution in [0.15, 0.2) is 18.3 Å². The second-order valence-electron chi connectivity index (χ2n) is 5.59. The van der Waals surface area contributed by atoms with Crippen LogP contribution in [0.2, 0.25) is 0 Å². The number of carbonyl (C=O) groups excluding carboxylic acids is 1. The number of rotatable bonds is 4. The predicted octanol–water partition coefficient (Wildman–Crippen LogP) is 2.44. The zero-order valence-corrected chi connectivity index (χ0v) is 12.3. The number of aliphatic hydroxyl groups excluding tert-OH is 1. The summed E-state index contributed by atoms with van der Waals surface area (Å²) in [6.07, 6.45) is 0.917. The Morgan fingerprint density at radius 3 is 2.55 bits per heavy atom. The molecule has 0 saturated heterocycles. The van der Waals surface area contributed by atoms with E-state index in [0.29, 0.717) is 10.6 Å². The highest BCUT2D eigenvalue weighted by Crippen LogP contribution is 2.24. The quantitative estimate of drug-likeness (QED) is 0.654. The maximum Gasteiger partial charge on any atom is 0.434 e. The highest BCUT2D eigenvalue weighted by atomic mass is 16.6. The molecular formula is C14H22N2O4. The molecule has 1 aromatic heterocycles. The van der Waals surface area contributed by atoms with Gasteiger partial charge in [0.15, 0.2) is 0 Å². The van der Waals surface area contributed by atoms with Gasteiger partial charge in [0.25, 0.3) is 0 Å². The van der Waals surface area contributed by atoms with Crippen molar-refractivity contribution < 1.29 is 19.8 Å². The molecule has 20 heavy (non-hydrogen) atoms. The number of ether oxygens (including phenoxy) is 1. The lowest BCUT2D eigenvalue weighted by Gasteiger charge is -2.28. The Hall–Kier alpha value is -1.66. The van der Waals surface area contributed by atoms with Crippen molar-refractivity contribution in [1.82, 2.24) is 10.0 Å². The first-order chi connectivity index (χ1) is 9.24. The molecule has 0 aliphatic carbocycles. The normalized spacial score (nSPS) is 12.9. The van der Waals surface area contributed by atoms with Gasteiger partial charge in [0.1, 0.15) is 5.60 Å². The number of hydrogen-bond donors (Lipinski definition) is 2. The van der Waals surface area contributed by atoms with Crippen molar-refractivity contribution in [2.24, 2.45) is 0 Å². The summed E-state index contributed by atoms with van der Waals surface area (Å²) >= 11 is 0. The van der Waals surface area contributed by atoms with Crippen LogP contribution in [0.25, 0.3) is 0 Å². The minimum absolute atomic E-state index is 0.168. The van der Waals surface area contributed by atoms with Gasteiger partial charge in [-0.2, -0.15) is 5.06 Å². The van der Waals surface area contributed by atoms with Gasteiger partial charge < -0.3 is 9.84 Å². The standard InChI is InChI=1S/C14H22N2O4/c1-10-5-6-11(9-15-10)12(7-8-17)16(19)13(18)20-14(2,3)4/h5-6,9,12,17,19H,7-8H2,1-4H3. The SMILES string of the molecule is Cc1ccc(C(CCO)N(O)C(=O)OC(C)(C)C)cn1. The molecule has 1 aromatic rings. The number of aryl methyl sites for hydroxylation is 1. The van der Waals surface area contributed by atoms with Crippen molar-refractivity contribution in [1.29, 1.82) is 0 Å². The van der Waals surface area contributed by atoms with Crippen LogP contribution in [-0.4, -0.2) is 38.7 Å². The van der Waals surface area contributed by atoms with Crippen LogP contribution in [0.4, 0.5) is 4.79 Å². The maximum absolute atomic E-state index is 11.9. The number of hydroxylamine groups is 2. The molecule has 1 amide bonds. The van der Waals surface area contributed by atoms with Gasteiger partial charge in [-0.3, -0.25) is 10.2 Å². The van der Waals surface area contributed by atoms with E-state index in [1.54, 1.807) is 39.1 Å². The summed E-state index contributed by atoms with van der Waals surface area (Å²) in [5.41, 5.74) is 0.768. The second kappa shape index (κ2) is 6.67. The Labute approximate surface area is 119 Å². The molecule has 6 heteroatoms. The van der Waals surface area contributed by atoms with E-state index in [-0.39, 0.29) is 13.0 Å². The Kier molecular flexibility index (Phi) is 5.47. The summed E-state index contributed by atoms with van der Waals surface area (Å²) in [5, 5.41) is 19.6. The Bertz CT molecular complexity index is 439. The fraction of sp³-hybridized carbons (Fsp3) is 0.571. The van der Waals surface area contributed by atoms with Crippen LogP contribution in [-0.2, 0) is 4.74 Å². The second-order valence-corrected chi connectivity index (χ2v) is 5.59. The molecule has 0 radical (unpaired) electrons. The molecule has 1 atom stereocenters. The lowest BCUT2D eigenvalue weighted by Crippen LogP contribution is -2.37. The number of aliphatic hydroxyl groups is 1. The summed E-state index contributed by atoms with van der Waals surface area (Å²) < 4.78 is 5.11. The van der Waals surface area contributed by atoms with Gasteiger partial charge in [0.2, 0.25) is 0 Å². The molecule has 0 saturated carbocycles. The number of amides is 1. The molecule has 0 spiro atoms. The summed E-state index contributed by atoms with van der Waals surface area (Å²) in [6.45, 7) is 6.82. The third kappa shape index (κ3) is 4.79. The number of aromatic nitrogens is 1. The van der Waals surface area contributed by atoms with Crippen LogP contribution in [0.5, 0.6) is 0 Å². The van der Waals surface area contributed by atoms with E-state index in [1.165, 1.54) is 0 Å². The van der Waals surface area contributed by atoms with Gasteiger partial charge in [-0.1, -0.05) is 6.07 Å². The zero-order valence-electron chi connectivity index (χ0n) is 12.3. The smallest absolute Gasteiger partial charge is 0.434 e. The average molecular weight is 282 g/mol. The van der Waals surface area contributed by atoms with Crippen molar-refractivity contribution in [2.45, 2.75) is 45.8 Å².